The van der Waals surface area contributed by atoms with Crippen molar-refractivity contribution in [1.29, 1.82) is 0 Å². The van der Waals surface area contributed by atoms with Crippen molar-refractivity contribution >= 4 is 16.7 Å². The molecule has 0 saturated heterocycles. The van der Waals surface area contributed by atoms with Crippen molar-refractivity contribution < 1.29 is 23.8 Å². The van der Waals surface area contributed by atoms with Crippen LogP contribution in [0.1, 0.15) is 28.5 Å². The van der Waals surface area contributed by atoms with Crippen molar-refractivity contribution in [2.24, 2.45) is 7.05 Å². The molecule has 0 aliphatic heterocycles. The number of pyridine rings is 1. The molecular weight excluding hydrogens is 513 g/mol. The summed E-state index contributed by atoms with van der Waals surface area (Å²) >= 11 is 0. The fourth-order valence-corrected chi connectivity index (χ4v) is 4.52. The van der Waals surface area contributed by atoms with Crippen LogP contribution in [0.25, 0.3) is 16.6 Å². The third-order valence-corrected chi connectivity index (χ3v) is 6.58. The van der Waals surface area contributed by atoms with E-state index in [1.54, 1.807) is 74.2 Å². The zero-order valence-corrected chi connectivity index (χ0v) is 22.3. The molecule has 5 rings (SSSR count). The third kappa shape index (κ3) is 5.37. The van der Waals surface area contributed by atoms with Gasteiger partial charge in [-0.1, -0.05) is 24.3 Å². The number of hydrogen-bond donors (Lipinski definition) is 1. The van der Waals surface area contributed by atoms with Crippen LogP contribution < -0.4 is 15.0 Å². The predicted molar refractivity (Wildman–Crippen MR) is 149 cm³/mol. The van der Waals surface area contributed by atoms with Gasteiger partial charge in [0, 0.05) is 36.8 Å². The lowest BCUT2D eigenvalue weighted by molar-refractivity contribution is 0.0991. The Labute approximate surface area is 229 Å². The first-order valence-electron chi connectivity index (χ1n) is 12.8. The summed E-state index contributed by atoms with van der Waals surface area (Å²) in [5.41, 5.74) is 1.85. The lowest BCUT2D eigenvalue weighted by Gasteiger charge is -2.12. The van der Waals surface area contributed by atoms with Gasteiger partial charge in [-0.15, -0.1) is 0 Å². The number of rotatable bonds is 9. The molecule has 204 valence electrons. The molecule has 0 bridgehead atoms. The van der Waals surface area contributed by atoms with Gasteiger partial charge < -0.3 is 14.6 Å². The average Bonchev–Trinajstić information content (AvgIpc) is 3.16. The van der Waals surface area contributed by atoms with E-state index in [1.165, 1.54) is 16.8 Å². The van der Waals surface area contributed by atoms with Gasteiger partial charge in [-0.3, -0.25) is 19.3 Å². The largest absolute Gasteiger partial charge is 0.491 e. The van der Waals surface area contributed by atoms with Gasteiger partial charge in [-0.25, -0.2) is 9.07 Å². The number of benzene rings is 3. The number of halogens is 1. The molecule has 0 aliphatic carbocycles. The lowest BCUT2D eigenvalue weighted by atomic mass is 10.0. The number of carbonyl (C=O) groups excluding carboxylic acids is 1. The molecular formula is C31H28FN3O5. The van der Waals surface area contributed by atoms with E-state index in [-0.39, 0.29) is 24.3 Å². The smallest absolute Gasteiger partial charge is 0.282 e. The standard InChI is InChI=1S/C31H28FN3O5/c1-19(36)18-39-23-10-11-24-26(17-23)33-14-13-28(24)40-29-12-9-21(15-25(29)32)16-27(37)30-20(2)34(3)35(31(30)38)22-7-5-4-6-8-22/h4-15,17,19,36H,16,18H2,1-3H3/t19-/m1/s1. The molecule has 9 heteroatoms. The summed E-state index contributed by atoms with van der Waals surface area (Å²) < 4.78 is 29.6. The van der Waals surface area contributed by atoms with Crippen LogP contribution in [0.15, 0.2) is 83.8 Å². The number of para-hydroxylation sites is 1. The summed E-state index contributed by atoms with van der Waals surface area (Å²) in [7, 11) is 1.72. The maximum absolute atomic E-state index is 15.1. The van der Waals surface area contributed by atoms with Gasteiger partial charge in [0.1, 0.15) is 23.7 Å². The van der Waals surface area contributed by atoms with Crippen LogP contribution >= 0.6 is 0 Å². The van der Waals surface area contributed by atoms with Crippen LogP contribution in [-0.2, 0) is 13.5 Å². The van der Waals surface area contributed by atoms with Crippen molar-refractivity contribution in [2.45, 2.75) is 26.4 Å². The monoisotopic (exact) mass is 541 g/mol. The lowest BCUT2D eigenvalue weighted by Crippen LogP contribution is -2.23. The second-order valence-electron chi connectivity index (χ2n) is 9.55. The van der Waals surface area contributed by atoms with Crippen molar-refractivity contribution in [2.75, 3.05) is 6.61 Å². The van der Waals surface area contributed by atoms with Crippen molar-refractivity contribution in [1.82, 2.24) is 14.3 Å². The number of Topliss-reactive ketones (excluding diaryl/α,β-unsaturated/α-hetero) is 1. The molecule has 0 radical (unpaired) electrons. The van der Waals surface area contributed by atoms with E-state index >= 15 is 4.39 Å². The Bertz CT molecular complexity index is 1760. The van der Waals surface area contributed by atoms with Gasteiger partial charge in [0.25, 0.3) is 5.56 Å². The number of fused-ring (bicyclic) bond motifs is 1. The Balaban J connectivity index is 1.36. The summed E-state index contributed by atoms with van der Waals surface area (Å²) in [6.45, 7) is 3.49. The van der Waals surface area contributed by atoms with Crippen molar-refractivity contribution in [3.8, 4) is 22.9 Å². The molecule has 0 fully saturated rings. The van der Waals surface area contributed by atoms with E-state index in [0.717, 1.165) is 0 Å². The highest BCUT2D eigenvalue weighted by Gasteiger charge is 2.22. The van der Waals surface area contributed by atoms with E-state index in [1.807, 2.05) is 18.2 Å². The minimum Gasteiger partial charge on any atom is -0.491 e. The molecule has 0 unspecified atom stereocenters. The van der Waals surface area contributed by atoms with E-state index in [4.69, 9.17) is 9.47 Å². The first-order valence-corrected chi connectivity index (χ1v) is 12.8. The van der Waals surface area contributed by atoms with Crippen molar-refractivity contribution in [3.05, 3.63) is 112 Å². The molecule has 5 aromatic rings. The Morgan fingerprint density at radius 3 is 2.55 bits per heavy atom. The first-order chi connectivity index (χ1) is 19.2. The van der Waals surface area contributed by atoms with Gasteiger partial charge in [0.05, 0.1) is 17.3 Å². The Morgan fingerprint density at radius 1 is 1.05 bits per heavy atom. The number of aliphatic hydroxyl groups excluding tert-OH is 1. The first kappa shape index (κ1) is 26.8. The van der Waals surface area contributed by atoms with Gasteiger partial charge in [-0.05, 0) is 61.9 Å². The average molecular weight is 542 g/mol. The van der Waals surface area contributed by atoms with Crippen LogP contribution in [0.4, 0.5) is 4.39 Å². The Morgan fingerprint density at radius 2 is 1.82 bits per heavy atom. The number of aromatic nitrogens is 3. The number of aliphatic hydroxyl groups is 1. The normalized spacial score (nSPS) is 11.9. The molecule has 2 aromatic heterocycles. The van der Waals surface area contributed by atoms with Crippen LogP contribution in [0.5, 0.6) is 17.2 Å². The second kappa shape index (κ2) is 11.2. The number of ketones is 1. The quantitative estimate of drug-likeness (QED) is 0.260. The predicted octanol–water partition coefficient (Wildman–Crippen LogP) is 5.15. The zero-order valence-electron chi connectivity index (χ0n) is 22.3. The summed E-state index contributed by atoms with van der Waals surface area (Å²) in [6, 6.07) is 20.2. The molecule has 0 aliphatic rings. The van der Waals surface area contributed by atoms with Gasteiger partial charge >= 0.3 is 0 Å². The Hall–Kier alpha value is -4.76. The molecule has 1 N–H and O–H groups in total. The van der Waals surface area contributed by atoms with E-state index in [9.17, 15) is 14.7 Å². The molecule has 8 nitrogen and oxygen atoms in total. The molecule has 2 heterocycles. The topological polar surface area (TPSA) is 95.6 Å². The van der Waals surface area contributed by atoms with Crippen LogP contribution in [0.2, 0.25) is 0 Å². The van der Waals surface area contributed by atoms with E-state index < -0.39 is 23.3 Å². The second-order valence-corrected chi connectivity index (χ2v) is 9.55. The number of hydrogen-bond acceptors (Lipinski definition) is 6. The molecule has 40 heavy (non-hydrogen) atoms. The minimum atomic E-state index is -0.640. The summed E-state index contributed by atoms with van der Waals surface area (Å²) in [5, 5.41) is 10.1. The third-order valence-electron chi connectivity index (χ3n) is 6.58. The number of carbonyl (C=O) groups is 1. The van der Waals surface area contributed by atoms with Crippen molar-refractivity contribution in [3.63, 3.8) is 0 Å². The summed E-state index contributed by atoms with van der Waals surface area (Å²) in [5.74, 6) is -0.104. The number of ether oxygens (including phenoxy) is 2. The fourth-order valence-electron chi connectivity index (χ4n) is 4.52. The highest BCUT2D eigenvalue weighted by atomic mass is 19.1. The molecule has 0 spiro atoms. The van der Waals surface area contributed by atoms with E-state index in [2.05, 4.69) is 4.98 Å². The highest BCUT2D eigenvalue weighted by Crippen LogP contribution is 2.32. The van der Waals surface area contributed by atoms with Gasteiger partial charge in [0.2, 0.25) is 0 Å². The molecule has 0 saturated carbocycles. The summed E-state index contributed by atoms with van der Waals surface area (Å²) in [4.78, 5) is 30.7. The van der Waals surface area contributed by atoms with Crippen LogP contribution in [0, 0.1) is 12.7 Å². The summed E-state index contributed by atoms with van der Waals surface area (Å²) in [6.07, 6.45) is 0.801. The minimum absolute atomic E-state index is 0.0135. The molecule has 1 atom stereocenters. The maximum Gasteiger partial charge on any atom is 0.282 e. The molecule has 3 aromatic carbocycles. The zero-order chi connectivity index (χ0) is 28.4. The van der Waals surface area contributed by atoms with Crippen LogP contribution in [-0.4, -0.2) is 37.9 Å². The Kier molecular flexibility index (Phi) is 7.48. The number of nitrogens with zero attached hydrogens (tertiary/aromatic N) is 3. The highest BCUT2D eigenvalue weighted by molar-refractivity contribution is 5.98. The van der Waals surface area contributed by atoms with Crippen LogP contribution in [0.3, 0.4) is 0 Å². The van der Waals surface area contributed by atoms with E-state index in [0.29, 0.717) is 39.3 Å². The van der Waals surface area contributed by atoms with Gasteiger partial charge in [-0.2, -0.15) is 0 Å². The SMILES string of the molecule is Cc1c(C(=O)Cc2ccc(Oc3ccnc4cc(OC[C@@H](C)O)ccc34)c(F)c2)c(=O)n(-c2ccccc2)n1C. The molecule has 0 amide bonds. The maximum atomic E-state index is 15.1. The fraction of sp³-hybridized carbons (Fsp3) is 0.194. The van der Waals surface area contributed by atoms with Gasteiger partial charge in [0.15, 0.2) is 17.3 Å².